The summed E-state index contributed by atoms with van der Waals surface area (Å²) in [7, 11) is 0.153. The molecule has 0 heterocycles. The second-order valence-electron chi connectivity index (χ2n) is 2.58. The highest BCUT2D eigenvalue weighted by Crippen LogP contribution is 2.18. The van der Waals surface area contributed by atoms with Gasteiger partial charge in [-0.15, -0.1) is 0 Å². The topological polar surface area (TPSA) is 49.7 Å². The van der Waals surface area contributed by atoms with Crippen LogP contribution in [-0.2, 0) is 5.33 Å². The van der Waals surface area contributed by atoms with Crippen molar-refractivity contribution in [2.75, 3.05) is 7.11 Å². The van der Waals surface area contributed by atoms with Crippen molar-refractivity contribution < 1.29 is 14.8 Å². The Labute approximate surface area is 85.6 Å². The van der Waals surface area contributed by atoms with Gasteiger partial charge in [-0.05, 0) is 11.5 Å². The van der Waals surface area contributed by atoms with E-state index in [4.69, 9.17) is 14.8 Å². The zero-order chi connectivity index (χ0) is 9.84. The minimum atomic E-state index is -1.43. The second kappa shape index (κ2) is 4.65. The molecule has 0 aromatic heterocycles. The van der Waals surface area contributed by atoms with E-state index >= 15 is 0 Å². The molecule has 1 aromatic rings. The molecule has 0 atom stereocenters. The molecule has 2 N–H and O–H groups in total. The molecule has 1 rings (SSSR count). The molecule has 0 unspecified atom stereocenters. The molecular formula is C8H10BBrO3. The predicted molar refractivity (Wildman–Crippen MR) is 55.5 cm³/mol. The van der Waals surface area contributed by atoms with E-state index in [2.05, 4.69) is 15.9 Å². The average Bonchev–Trinajstić information content (AvgIpc) is 2.16. The molecule has 5 heteroatoms. The molecule has 3 nitrogen and oxygen atoms in total. The van der Waals surface area contributed by atoms with Crippen molar-refractivity contribution in [2.45, 2.75) is 5.33 Å². The predicted octanol–water partition coefficient (Wildman–Crippen LogP) is 0.270. The summed E-state index contributed by atoms with van der Waals surface area (Å²) >= 11 is 3.29. The smallest absolute Gasteiger partial charge is 0.488 e. The first-order valence-corrected chi connectivity index (χ1v) is 4.90. The van der Waals surface area contributed by atoms with Gasteiger partial charge in [0.25, 0.3) is 0 Å². The summed E-state index contributed by atoms with van der Waals surface area (Å²) in [4.78, 5) is 0. The normalized spacial score (nSPS) is 9.85. The van der Waals surface area contributed by atoms with Crippen molar-refractivity contribution in [2.24, 2.45) is 0 Å². The standard InChI is InChI=1S/C8H10BBrO3/c1-13-8-3-2-7(9(11)12)4-6(8)5-10/h2-4,11-12H,5H2,1H3. The Bertz CT molecular complexity index is 291. The number of hydrogen-bond donors (Lipinski definition) is 2. The minimum absolute atomic E-state index is 0.468. The summed E-state index contributed by atoms with van der Waals surface area (Å²) in [6.45, 7) is 0. The Kier molecular flexibility index (Phi) is 3.78. The molecule has 0 bridgehead atoms. The highest BCUT2D eigenvalue weighted by atomic mass is 79.9. The van der Waals surface area contributed by atoms with Gasteiger partial charge in [-0.1, -0.05) is 28.1 Å². The van der Waals surface area contributed by atoms with Crippen LogP contribution in [0.2, 0.25) is 0 Å². The molecule has 0 saturated carbocycles. The summed E-state index contributed by atoms with van der Waals surface area (Å²) in [5.41, 5.74) is 1.36. The molecule has 0 aliphatic rings. The zero-order valence-corrected chi connectivity index (χ0v) is 8.78. The van der Waals surface area contributed by atoms with Gasteiger partial charge in [-0.25, -0.2) is 0 Å². The van der Waals surface area contributed by atoms with E-state index in [1.54, 1.807) is 25.3 Å². The zero-order valence-electron chi connectivity index (χ0n) is 7.20. The van der Waals surface area contributed by atoms with Crippen LogP contribution in [0.15, 0.2) is 18.2 Å². The SMILES string of the molecule is COc1ccc(B(O)O)cc1CBr. The highest BCUT2D eigenvalue weighted by molar-refractivity contribution is 9.08. The van der Waals surface area contributed by atoms with Crippen LogP contribution in [-0.4, -0.2) is 24.3 Å². The fourth-order valence-electron chi connectivity index (χ4n) is 1.06. The maximum absolute atomic E-state index is 8.91. The molecule has 0 saturated heterocycles. The molecule has 13 heavy (non-hydrogen) atoms. The van der Waals surface area contributed by atoms with Gasteiger partial charge in [0.2, 0.25) is 0 Å². The molecule has 1 aromatic carbocycles. The maximum Gasteiger partial charge on any atom is 0.488 e. The van der Waals surface area contributed by atoms with Gasteiger partial charge in [0.15, 0.2) is 0 Å². The Morgan fingerprint density at radius 2 is 2.15 bits per heavy atom. The van der Waals surface area contributed by atoms with Crippen molar-refractivity contribution in [1.82, 2.24) is 0 Å². The number of ether oxygens (including phenoxy) is 1. The molecule has 0 fully saturated rings. The van der Waals surface area contributed by atoms with Crippen molar-refractivity contribution in [3.05, 3.63) is 23.8 Å². The molecule has 0 amide bonds. The van der Waals surface area contributed by atoms with Crippen LogP contribution in [0.3, 0.4) is 0 Å². The fraction of sp³-hybridized carbons (Fsp3) is 0.250. The maximum atomic E-state index is 8.91. The third kappa shape index (κ3) is 2.46. The van der Waals surface area contributed by atoms with Gasteiger partial charge < -0.3 is 14.8 Å². The van der Waals surface area contributed by atoms with Gasteiger partial charge >= 0.3 is 7.12 Å². The molecule has 0 spiro atoms. The Hall–Kier alpha value is -0.515. The van der Waals surface area contributed by atoms with Gasteiger partial charge in [0.05, 0.1) is 7.11 Å². The van der Waals surface area contributed by atoms with Gasteiger partial charge in [-0.2, -0.15) is 0 Å². The summed E-state index contributed by atoms with van der Waals surface area (Å²) in [5, 5.41) is 18.4. The van der Waals surface area contributed by atoms with E-state index in [-0.39, 0.29) is 0 Å². The number of halogens is 1. The highest BCUT2D eigenvalue weighted by Gasteiger charge is 2.12. The lowest BCUT2D eigenvalue weighted by molar-refractivity contribution is 0.411. The number of methoxy groups -OCH3 is 1. The number of alkyl halides is 1. The Morgan fingerprint density at radius 1 is 1.46 bits per heavy atom. The lowest BCUT2D eigenvalue weighted by Gasteiger charge is -2.07. The molecule has 70 valence electrons. The van der Waals surface area contributed by atoms with E-state index in [1.165, 1.54) is 0 Å². The quantitative estimate of drug-likeness (QED) is 0.593. The van der Waals surface area contributed by atoms with Crippen LogP contribution in [0.5, 0.6) is 5.75 Å². The van der Waals surface area contributed by atoms with Crippen LogP contribution in [0.4, 0.5) is 0 Å². The van der Waals surface area contributed by atoms with Gasteiger partial charge in [0, 0.05) is 10.9 Å². The number of rotatable bonds is 3. The summed E-state index contributed by atoms with van der Waals surface area (Å²) in [5.74, 6) is 0.737. The summed E-state index contributed by atoms with van der Waals surface area (Å²) in [6.07, 6.45) is 0. The van der Waals surface area contributed by atoms with Crippen LogP contribution in [0.25, 0.3) is 0 Å². The number of hydrogen-bond acceptors (Lipinski definition) is 3. The lowest BCUT2D eigenvalue weighted by atomic mass is 9.79. The Morgan fingerprint density at radius 3 is 2.62 bits per heavy atom. The monoisotopic (exact) mass is 244 g/mol. The third-order valence-electron chi connectivity index (χ3n) is 1.75. The first-order valence-electron chi connectivity index (χ1n) is 3.78. The first-order chi connectivity index (χ1) is 6.19. The van der Waals surface area contributed by atoms with E-state index in [1.807, 2.05) is 0 Å². The lowest BCUT2D eigenvalue weighted by Crippen LogP contribution is -2.29. The van der Waals surface area contributed by atoms with Crippen LogP contribution < -0.4 is 10.2 Å². The van der Waals surface area contributed by atoms with Crippen LogP contribution in [0, 0.1) is 0 Å². The third-order valence-corrected chi connectivity index (χ3v) is 2.35. The molecule has 0 aliphatic heterocycles. The summed E-state index contributed by atoms with van der Waals surface area (Å²) in [6, 6.07) is 5.03. The second-order valence-corrected chi connectivity index (χ2v) is 3.14. The van der Waals surface area contributed by atoms with Gasteiger partial charge in [0.1, 0.15) is 5.75 Å². The summed E-state index contributed by atoms with van der Waals surface area (Å²) < 4.78 is 5.08. The first kappa shape index (κ1) is 10.6. The van der Waals surface area contributed by atoms with E-state index in [0.717, 1.165) is 11.3 Å². The molecule has 0 radical (unpaired) electrons. The largest absolute Gasteiger partial charge is 0.496 e. The molecular weight excluding hydrogens is 235 g/mol. The van der Waals surface area contributed by atoms with Crippen molar-refractivity contribution in [3.63, 3.8) is 0 Å². The molecule has 0 aliphatic carbocycles. The van der Waals surface area contributed by atoms with Crippen molar-refractivity contribution in [3.8, 4) is 5.75 Å². The Balaban J connectivity index is 3.05. The fourth-order valence-corrected chi connectivity index (χ4v) is 1.50. The van der Waals surface area contributed by atoms with E-state index in [0.29, 0.717) is 10.8 Å². The van der Waals surface area contributed by atoms with E-state index < -0.39 is 7.12 Å². The van der Waals surface area contributed by atoms with Crippen molar-refractivity contribution >= 4 is 28.5 Å². The van der Waals surface area contributed by atoms with Gasteiger partial charge in [-0.3, -0.25) is 0 Å². The van der Waals surface area contributed by atoms with E-state index in [9.17, 15) is 0 Å². The number of benzene rings is 1. The van der Waals surface area contributed by atoms with Crippen molar-refractivity contribution in [1.29, 1.82) is 0 Å². The van der Waals surface area contributed by atoms with Crippen LogP contribution >= 0.6 is 15.9 Å². The van der Waals surface area contributed by atoms with Crippen LogP contribution in [0.1, 0.15) is 5.56 Å². The average molecular weight is 245 g/mol. The minimum Gasteiger partial charge on any atom is -0.496 e.